The topological polar surface area (TPSA) is 127 Å². The highest BCUT2D eigenvalue weighted by Crippen LogP contribution is 2.37. The van der Waals surface area contributed by atoms with Gasteiger partial charge in [0.15, 0.2) is 5.82 Å². The van der Waals surface area contributed by atoms with E-state index in [0.29, 0.717) is 22.0 Å². The summed E-state index contributed by atoms with van der Waals surface area (Å²) in [6.45, 7) is -0.0482. The van der Waals surface area contributed by atoms with Crippen LogP contribution in [0.25, 0.3) is 11.4 Å². The zero-order chi connectivity index (χ0) is 21.1. The Balaban J connectivity index is 1.45. The van der Waals surface area contributed by atoms with Crippen molar-refractivity contribution in [1.82, 2.24) is 14.8 Å². The van der Waals surface area contributed by atoms with Crippen molar-refractivity contribution in [2.24, 2.45) is 0 Å². The van der Waals surface area contributed by atoms with Gasteiger partial charge in [0.25, 0.3) is 5.69 Å². The van der Waals surface area contributed by atoms with Crippen LogP contribution in [0.2, 0.25) is 0 Å². The van der Waals surface area contributed by atoms with Gasteiger partial charge in [0.1, 0.15) is 23.9 Å². The molecule has 0 fully saturated rings. The van der Waals surface area contributed by atoms with Gasteiger partial charge in [0.05, 0.1) is 10.5 Å². The molecule has 9 nitrogen and oxygen atoms in total. The maximum absolute atomic E-state index is 12.5. The monoisotopic (exact) mass is 422 g/mol. The number of nitro benzene ring substituents is 1. The summed E-state index contributed by atoms with van der Waals surface area (Å²) < 4.78 is 1.40. The SMILES string of the molecule is N#Cc1c(NC(=O)Cn2cnc(-c3ccc([N+](=O)[O-])cc3)n2)sc2c1CCCCC2. The molecule has 0 spiro atoms. The number of aryl methyl sites for hydroxylation is 1. The normalized spacial score (nSPS) is 13.2. The largest absolute Gasteiger partial charge is 0.315 e. The van der Waals surface area contributed by atoms with Gasteiger partial charge in [0, 0.05) is 22.6 Å². The van der Waals surface area contributed by atoms with E-state index in [1.54, 1.807) is 12.1 Å². The number of hydrogen-bond acceptors (Lipinski definition) is 7. The van der Waals surface area contributed by atoms with E-state index in [-0.39, 0.29) is 18.1 Å². The summed E-state index contributed by atoms with van der Waals surface area (Å²) in [5, 5.41) is 28.1. The van der Waals surface area contributed by atoms with E-state index in [1.165, 1.54) is 39.4 Å². The second-order valence-corrected chi connectivity index (χ2v) is 8.10. The molecule has 0 aliphatic heterocycles. The number of anilines is 1. The molecule has 1 aliphatic carbocycles. The van der Waals surface area contributed by atoms with Crippen LogP contribution in [0.3, 0.4) is 0 Å². The molecule has 0 bridgehead atoms. The Morgan fingerprint density at radius 3 is 2.77 bits per heavy atom. The molecule has 2 aromatic heterocycles. The summed E-state index contributed by atoms with van der Waals surface area (Å²) in [4.78, 5) is 28.2. The Labute approximate surface area is 176 Å². The number of benzene rings is 1. The fraction of sp³-hybridized carbons (Fsp3) is 0.300. The van der Waals surface area contributed by atoms with Crippen LogP contribution in [-0.4, -0.2) is 25.6 Å². The number of hydrogen-bond donors (Lipinski definition) is 1. The number of aromatic nitrogens is 3. The summed E-state index contributed by atoms with van der Waals surface area (Å²) in [5.74, 6) is 0.0845. The standard InChI is InChI=1S/C20H18N6O3S/c21-10-16-15-4-2-1-3-5-17(15)30-20(16)23-18(27)11-25-12-22-19(24-25)13-6-8-14(9-7-13)26(28)29/h6-9,12H,1-5,11H2,(H,23,27). The molecule has 1 aliphatic rings. The lowest BCUT2D eigenvalue weighted by Gasteiger charge is -2.04. The molecular weight excluding hydrogens is 404 g/mol. The van der Waals surface area contributed by atoms with Crippen LogP contribution in [0.4, 0.5) is 10.7 Å². The number of rotatable bonds is 5. The lowest BCUT2D eigenvalue weighted by Crippen LogP contribution is -2.19. The average molecular weight is 422 g/mol. The van der Waals surface area contributed by atoms with Crippen LogP contribution in [0.15, 0.2) is 30.6 Å². The molecule has 1 aromatic carbocycles. The van der Waals surface area contributed by atoms with Crippen molar-refractivity contribution in [2.45, 2.75) is 38.6 Å². The molecule has 0 unspecified atom stereocenters. The minimum atomic E-state index is -0.472. The molecule has 10 heteroatoms. The molecule has 3 aromatic rings. The van der Waals surface area contributed by atoms with Gasteiger partial charge in [-0.05, 0) is 43.4 Å². The molecule has 1 amide bonds. The minimum absolute atomic E-state index is 0.0137. The van der Waals surface area contributed by atoms with Gasteiger partial charge >= 0.3 is 0 Å². The molecule has 0 radical (unpaired) electrons. The maximum atomic E-state index is 12.5. The van der Waals surface area contributed by atoms with E-state index < -0.39 is 4.92 Å². The Kier molecular flexibility index (Phi) is 5.54. The van der Waals surface area contributed by atoms with Crippen molar-refractivity contribution in [3.63, 3.8) is 0 Å². The zero-order valence-electron chi connectivity index (χ0n) is 16.0. The van der Waals surface area contributed by atoms with Crippen molar-refractivity contribution in [1.29, 1.82) is 5.26 Å². The first-order chi connectivity index (χ1) is 14.5. The van der Waals surface area contributed by atoms with Gasteiger partial charge < -0.3 is 5.32 Å². The van der Waals surface area contributed by atoms with E-state index >= 15 is 0 Å². The second-order valence-electron chi connectivity index (χ2n) is 7.00. The third kappa shape index (κ3) is 4.06. The van der Waals surface area contributed by atoms with E-state index in [0.717, 1.165) is 37.7 Å². The van der Waals surface area contributed by atoms with E-state index in [9.17, 15) is 20.2 Å². The van der Waals surface area contributed by atoms with Crippen LogP contribution in [0.5, 0.6) is 0 Å². The third-order valence-corrected chi connectivity index (χ3v) is 6.17. The number of carbonyl (C=O) groups is 1. The van der Waals surface area contributed by atoms with Gasteiger partial charge in [-0.25, -0.2) is 9.67 Å². The quantitative estimate of drug-likeness (QED) is 0.379. The van der Waals surface area contributed by atoms with Crippen molar-refractivity contribution >= 4 is 27.9 Å². The van der Waals surface area contributed by atoms with E-state index in [1.807, 2.05) is 0 Å². The number of amides is 1. The first-order valence-corrected chi connectivity index (χ1v) is 10.4. The maximum Gasteiger partial charge on any atom is 0.269 e. The summed E-state index contributed by atoms with van der Waals surface area (Å²) >= 11 is 1.49. The number of carbonyl (C=O) groups excluding carboxylic acids is 1. The van der Waals surface area contributed by atoms with Crippen molar-refractivity contribution in [3.05, 3.63) is 56.7 Å². The lowest BCUT2D eigenvalue weighted by atomic mass is 10.1. The molecule has 4 rings (SSSR count). The van der Waals surface area contributed by atoms with Gasteiger partial charge in [-0.2, -0.15) is 10.4 Å². The molecule has 0 saturated heterocycles. The first kappa shape index (κ1) is 19.7. The van der Waals surface area contributed by atoms with Crippen LogP contribution >= 0.6 is 11.3 Å². The molecule has 0 atom stereocenters. The van der Waals surface area contributed by atoms with Crippen molar-refractivity contribution < 1.29 is 9.72 Å². The van der Waals surface area contributed by atoms with Gasteiger partial charge in [-0.3, -0.25) is 14.9 Å². The minimum Gasteiger partial charge on any atom is -0.315 e. The van der Waals surface area contributed by atoms with Gasteiger partial charge in [-0.15, -0.1) is 11.3 Å². The van der Waals surface area contributed by atoms with Gasteiger partial charge in [-0.1, -0.05) is 6.42 Å². The number of nitro groups is 1. The molecule has 2 heterocycles. The van der Waals surface area contributed by atoms with Crippen LogP contribution in [0.1, 0.15) is 35.3 Å². The summed E-state index contributed by atoms with van der Waals surface area (Å²) in [6, 6.07) is 8.15. The number of thiophene rings is 1. The fourth-order valence-corrected chi connectivity index (χ4v) is 4.75. The fourth-order valence-electron chi connectivity index (χ4n) is 3.50. The van der Waals surface area contributed by atoms with E-state index in [4.69, 9.17) is 0 Å². The lowest BCUT2D eigenvalue weighted by molar-refractivity contribution is -0.384. The Bertz CT molecular complexity index is 1140. The number of nitrogens with one attached hydrogen (secondary N) is 1. The second kappa shape index (κ2) is 8.42. The van der Waals surface area contributed by atoms with Crippen LogP contribution < -0.4 is 5.32 Å². The molecule has 152 valence electrons. The predicted molar refractivity (Wildman–Crippen MR) is 111 cm³/mol. The molecular formula is C20H18N6O3S. The van der Waals surface area contributed by atoms with Crippen molar-refractivity contribution in [2.75, 3.05) is 5.32 Å². The first-order valence-electron chi connectivity index (χ1n) is 9.54. The summed E-state index contributed by atoms with van der Waals surface area (Å²) in [7, 11) is 0. The van der Waals surface area contributed by atoms with Crippen LogP contribution in [0, 0.1) is 21.4 Å². The Morgan fingerprint density at radius 1 is 1.27 bits per heavy atom. The number of non-ortho nitro benzene ring substituents is 1. The number of nitrogens with zero attached hydrogens (tertiary/aromatic N) is 5. The predicted octanol–water partition coefficient (Wildman–Crippen LogP) is 3.69. The average Bonchev–Trinajstić information content (AvgIpc) is 3.25. The zero-order valence-corrected chi connectivity index (χ0v) is 16.8. The van der Waals surface area contributed by atoms with Crippen LogP contribution in [-0.2, 0) is 24.2 Å². The smallest absolute Gasteiger partial charge is 0.269 e. The molecule has 30 heavy (non-hydrogen) atoms. The highest BCUT2D eigenvalue weighted by atomic mass is 32.1. The highest BCUT2D eigenvalue weighted by molar-refractivity contribution is 7.16. The summed E-state index contributed by atoms with van der Waals surface area (Å²) in [5.41, 5.74) is 2.26. The van der Waals surface area contributed by atoms with Gasteiger partial charge in [0.2, 0.25) is 5.91 Å². The number of nitriles is 1. The summed E-state index contributed by atoms with van der Waals surface area (Å²) in [6.07, 6.45) is 6.60. The van der Waals surface area contributed by atoms with Crippen molar-refractivity contribution in [3.8, 4) is 17.5 Å². The molecule has 0 saturated carbocycles. The third-order valence-electron chi connectivity index (χ3n) is 4.96. The highest BCUT2D eigenvalue weighted by Gasteiger charge is 2.21. The molecule has 1 N–H and O–H groups in total. The Hall–Kier alpha value is -3.58. The van der Waals surface area contributed by atoms with E-state index in [2.05, 4.69) is 21.5 Å². The number of fused-ring (bicyclic) bond motifs is 1. The Morgan fingerprint density at radius 2 is 2.03 bits per heavy atom.